The molecule has 9 nitrogen and oxygen atoms in total. The molecule has 0 aliphatic carbocycles. The highest BCUT2D eigenvalue weighted by Crippen LogP contribution is 2.34. The summed E-state index contributed by atoms with van der Waals surface area (Å²) in [6.45, 7) is 2.55. The number of rotatable bonds is 4. The van der Waals surface area contributed by atoms with Gasteiger partial charge in [0.15, 0.2) is 5.82 Å². The molecule has 0 saturated carbocycles. The first-order chi connectivity index (χ1) is 13.1. The summed E-state index contributed by atoms with van der Waals surface area (Å²) in [7, 11) is 0. The number of aryl methyl sites for hydroxylation is 1. The molecule has 3 amide bonds. The number of nitrogens with zero attached hydrogens (tertiary/aromatic N) is 2. The number of carbonyl (C=O) groups is 2. The van der Waals surface area contributed by atoms with Crippen LogP contribution >= 0.6 is 0 Å². The molecule has 1 aromatic carbocycles. The lowest BCUT2D eigenvalue weighted by Gasteiger charge is -2.41. The van der Waals surface area contributed by atoms with Crippen LogP contribution in [0, 0.1) is 12.8 Å². The number of benzene rings is 1. The number of nitrogens with one attached hydrogen (secondary N) is 3. The van der Waals surface area contributed by atoms with Crippen molar-refractivity contribution < 1.29 is 18.8 Å². The van der Waals surface area contributed by atoms with Crippen molar-refractivity contribution in [3.05, 3.63) is 47.1 Å². The molecule has 1 aromatic heterocycles. The highest BCUT2D eigenvalue weighted by Gasteiger charge is 2.39. The molecule has 0 spiro atoms. The van der Waals surface area contributed by atoms with Gasteiger partial charge in [0.25, 0.3) is 5.91 Å². The van der Waals surface area contributed by atoms with Gasteiger partial charge in [0.1, 0.15) is 6.23 Å². The number of aromatic nitrogens is 2. The summed E-state index contributed by atoms with van der Waals surface area (Å²) in [6.07, 6.45) is 1.66. The zero-order valence-corrected chi connectivity index (χ0v) is 14.9. The van der Waals surface area contributed by atoms with Gasteiger partial charge in [-0.3, -0.25) is 4.79 Å². The Hall–Kier alpha value is -2.94. The van der Waals surface area contributed by atoms with E-state index in [1.54, 1.807) is 19.1 Å². The lowest BCUT2D eigenvalue weighted by atomic mass is 9.85. The lowest BCUT2D eigenvalue weighted by Crippen LogP contribution is -2.58. The molecule has 3 N–H and O–H groups in total. The fourth-order valence-electron chi connectivity index (χ4n) is 3.56. The molecule has 27 heavy (non-hydrogen) atoms. The lowest BCUT2D eigenvalue weighted by molar-refractivity contribution is -0.0602. The molecule has 0 unspecified atom stereocenters. The number of fused-ring (bicyclic) bond motifs is 1. The van der Waals surface area contributed by atoms with Gasteiger partial charge in [-0.05, 0) is 37.5 Å². The minimum absolute atomic E-state index is 0.137. The smallest absolute Gasteiger partial charge is 0.317 e. The number of hydrogen-bond acceptors (Lipinski definition) is 6. The van der Waals surface area contributed by atoms with E-state index in [1.807, 2.05) is 12.1 Å². The van der Waals surface area contributed by atoms with E-state index < -0.39 is 0 Å². The fraction of sp³-hybridized carbons (Fsp3) is 0.444. The van der Waals surface area contributed by atoms with Gasteiger partial charge in [-0.25, -0.2) is 4.79 Å². The van der Waals surface area contributed by atoms with Crippen LogP contribution in [0.2, 0.25) is 0 Å². The fourth-order valence-corrected chi connectivity index (χ4v) is 3.56. The molecular formula is C18H21N5O4. The second-order valence-electron chi connectivity index (χ2n) is 6.73. The van der Waals surface area contributed by atoms with Crippen molar-refractivity contribution in [3.63, 3.8) is 0 Å². The molecule has 4 rings (SSSR count). The van der Waals surface area contributed by atoms with Crippen LogP contribution in [0.1, 0.15) is 46.5 Å². The summed E-state index contributed by atoms with van der Waals surface area (Å²) in [6, 6.07) is 6.86. The number of carbonyl (C=O) groups excluding carboxylic acids is 2. The minimum Gasteiger partial charge on any atom is -0.358 e. The van der Waals surface area contributed by atoms with Crippen molar-refractivity contribution in [2.24, 2.45) is 5.92 Å². The molecule has 3 heterocycles. The zero-order chi connectivity index (χ0) is 18.8. The molecule has 142 valence electrons. The van der Waals surface area contributed by atoms with E-state index in [0.29, 0.717) is 23.9 Å². The Morgan fingerprint density at radius 2 is 2.11 bits per heavy atom. The molecule has 2 aromatic rings. The highest BCUT2D eigenvalue weighted by atomic mass is 16.5. The average Bonchev–Trinajstić information content (AvgIpc) is 3.11. The van der Waals surface area contributed by atoms with Crippen LogP contribution in [-0.4, -0.2) is 34.9 Å². The topological polar surface area (TPSA) is 118 Å². The van der Waals surface area contributed by atoms with Gasteiger partial charge in [-0.2, -0.15) is 4.98 Å². The van der Waals surface area contributed by atoms with Crippen molar-refractivity contribution in [2.45, 2.75) is 38.6 Å². The first kappa shape index (κ1) is 17.5. The second kappa shape index (κ2) is 7.36. The Balaban J connectivity index is 1.43. The third-order valence-electron chi connectivity index (χ3n) is 4.86. The minimum atomic E-state index is -0.265. The molecular weight excluding hydrogens is 350 g/mol. The molecule has 2 aliphatic heterocycles. The van der Waals surface area contributed by atoms with E-state index >= 15 is 0 Å². The van der Waals surface area contributed by atoms with Crippen molar-refractivity contribution in [1.82, 2.24) is 26.1 Å². The third kappa shape index (κ3) is 3.77. The van der Waals surface area contributed by atoms with E-state index in [1.165, 1.54) is 0 Å². The van der Waals surface area contributed by atoms with Gasteiger partial charge in [-0.15, -0.1) is 0 Å². The van der Waals surface area contributed by atoms with E-state index in [0.717, 1.165) is 18.4 Å². The summed E-state index contributed by atoms with van der Waals surface area (Å²) in [4.78, 5) is 28.3. The maximum Gasteiger partial charge on any atom is 0.317 e. The zero-order valence-electron chi connectivity index (χ0n) is 14.9. The third-order valence-corrected chi connectivity index (χ3v) is 4.86. The van der Waals surface area contributed by atoms with Gasteiger partial charge in [-0.1, -0.05) is 17.3 Å². The van der Waals surface area contributed by atoms with Crippen molar-refractivity contribution in [1.29, 1.82) is 0 Å². The first-order valence-electron chi connectivity index (χ1n) is 8.96. The standard InChI is InChI=1S/C18H21N5O4/c1-10-20-14(27-23-10)9-19-16(24)12-6-4-11(5-7-12)15-13-3-2-8-26-17(13)22-18(25)21-15/h4-7,13,15,17H,2-3,8-9H2,1H3,(H,19,24)(H2,21,22,25)/t13-,15-,17-/m0/s1. The largest absolute Gasteiger partial charge is 0.358 e. The number of urea groups is 1. The average molecular weight is 371 g/mol. The van der Waals surface area contributed by atoms with E-state index in [-0.39, 0.29) is 36.7 Å². The quantitative estimate of drug-likeness (QED) is 0.748. The van der Waals surface area contributed by atoms with Crippen LogP contribution in [0.25, 0.3) is 0 Å². The molecule has 0 bridgehead atoms. The predicted octanol–water partition coefficient (Wildman–Crippen LogP) is 1.41. The molecule has 2 aliphatic rings. The van der Waals surface area contributed by atoms with Crippen LogP contribution in [0.5, 0.6) is 0 Å². The Morgan fingerprint density at radius 1 is 1.30 bits per heavy atom. The maximum absolute atomic E-state index is 12.3. The normalized spacial score (nSPS) is 24.5. The van der Waals surface area contributed by atoms with Crippen LogP contribution in [0.3, 0.4) is 0 Å². The van der Waals surface area contributed by atoms with E-state index in [2.05, 4.69) is 26.1 Å². The monoisotopic (exact) mass is 371 g/mol. The second-order valence-corrected chi connectivity index (χ2v) is 6.73. The van der Waals surface area contributed by atoms with Crippen molar-refractivity contribution in [2.75, 3.05) is 6.61 Å². The first-order valence-corrected chi connectivity index (χ1v) is 8.96. The molecule has 2 saturated heterocycles. The van der Waals surface area contributed by atoms with E-state index in [9.17, 15) is 9.59 Å². The SMILES string of the molecule is Cc1noc(CNC(=O)c2ccc([C@@H]3NC(=O)N[C@H]4OCCC[C@H]43)cc2)n1. The Labute approximate surface area is 155 Å². The van der Waals surface area contributed by atoms with Gasteiger partial charge < -0.3 is 25.2 Å². The van der Waals surface area contributed by atoms with Crippen molar-refractivity contribution in [3.8, 4) is 0 Å². The number of hydrogen-bond donors (Lipinski definition) is 3. The molecule has 3 atom stereocenters. The van der Waals surface area contributed by atoms with Gasteiger partial charge >= 0.3 is 6.03 Å². The maximum atomic E-state index is 12.3. The van der Waals surface area contributed by atoms with Crippen molar-refractivity contribution >= 4 is 11.9 Å². The van der Waals surface area contributed by atoms with Crippen LogP contribution in [0.15, 0.2) is 28.8 Å². The van der Waals surface area contributed by atoms with E-state index in [4.69, 9.17) is 9.26 Å². The molecule has 2 fully saturated rings. The van der Waals surface area contributed by atoms with Gasteiger partial charge in [0, 0.05) is 18.1 Å². The number of ether oxygens (including phenoxy) is 1. The highest BCUT2D eigenvalue weighted by molar-refractivity contribution is 5.94. The molecule has 9 heteroatoms. The van der Waals surface area contributed by atoms with Gasteiger partial charge in [0.05, 0.1) is 12.6 Å². The van der Waals surface area contributed by atoms with Crippen LogP contribution in [0.4, 0.5) is 4.79 Å². The Morgan fingerprint density at radius 3 is 2.85 bits per heavy atom. The Bertz CT molecular complexity index is 835. The predicted molar refractivity (Wildman–Crippen MR) is 93.5 cm³/mol. The van der Waals surface area contributed by atoms with Crippen LogP contribution in [-0.2, 0) is 11.3 Å². The molecule has 0 radical (unpaired) electrons. The van der Waals surface area contributed by atoms with Gasteiger partial charge in [0.2, 0.25) is 5.89 Å². The summed E-state index contributed by atoms with van der Waals surface area (Å²) >= 11 is 0. The summed E-state index contributed by atoms with van der Waals surface area (Å²) < 4.78 is 10.7. The van der Waals surface area contributed by atoms with Crippen LogP contribution < -0.4 is 16.0 Å². The summed E-state index contributed by atoms with van der Waals surface area (Å²) in [5.41, 5.74) is 1.47. The Kier molecular flexibility index (Phi) is 4.76. The number of amides is 3. The summed E-state index contributed by atoms with van der Waals surface area (Å²) in [5, 5.41) is 12.2. The summed E-state index contributed by atoms with van der Waals surface area (Å²) in [5.74, 6) is 0.818.